The number of rotatable bonds is 7. The third-order valence-corrected chi connectivity index (χ3v) is 3.09. The molecule has 1 unspecified atom stereocenters. The summed E-state index contributed by atoms with van der Waals surface area (Å²) in [6, 6.07) is 8.50. The Hall–Kier alpha value is -1.35. The normalized spacial score (nSPS) is 12.2. The molecule has 1 aromatic rings. The van der Waals surface area contributed by atoms with E-state index in [4.69, 9.17) is 4.74 Å². The molecule has 0 amide bonds. The molecule has 0 bridgehead atoms. The molecule has 0 saturated heterocycles. The van der Waals surface area contributed by atoms with Crippen LogP contribution in [0.15, 0.2) is 24.3 Å². The van der Waals surface area contributed by atoms with Crippen molar-refractivity contribution in [3.05, 3.63) is 35.4 Å². The van der Waals surface area contributed by atoms with E-state index in [9.17, 15) is 4.79 Å². The second-order valence-electron chi connectivity index (χ2n) is 4.57. The maximum atomic E-state index is 11.4. The summed E-state index contributed by atoms with van der Waals surface area (Å²) >= 11 is 0. The topological polar surface area (TPSA) is 38.3 Å². The Bertz CT molecular complexity index is 377. The summed E-state index contributed by atoms with van der Waals surface area (Å²) in [5.74, 6) is -0.159. The molecule has 1 N–H and O–H groups in total. The molecule has 0 fully saturated rings. The Morgan fingerprint density at radius 3 is 2.83 bits per heavy atom. The van der Waals surface area contributed by atoms with Crippen molar-refractivity contribution in [2.45, 2.75) is 26.7 Å². The Morgan fingerprint density at radius 2 is 2.22 bits per heavy atom. The molecule has 0 radical (unpaired) electrons. The van der Waals surface area contributed by atoms with Gasteiger partial charge in [-0.05, 0) is 31.9 Å². The van der Waals surface area contributed by atoms with Gasteiger partial charge in [-0.15, -0.1) is 0 Å². The Kier molecular flexibility index (Phi) is 6.44. The second-order valence-corrected chi connectivity index (χ2v) is 4.57. The highest BCUT2D eigenvalue weighted by Gasteiger charge is 2.15. The highest BCUT2D eigenvalue weighted by Crippen LogP contribution is 2.05. The smallest absolute Gasteiger partial charge is 0.309 e. The number of esters is 1. The van der Waals surface area contributed by atoms with Crippen LogP contribution in [0.3, 0.4) is 0 Å². The maximum Gasteiger partial charge on any atom is 0.309 e. The van der Waals surface area contributed by atoms with Crippen LogP contribution in [0.25, 0.3) is 0 Å². The minimum atomic E-state index is -0.124. The number of hydrogen-bond donors (Lipinski definition) is 1. The van der Waals surface area contributed by atoms with E-state index in [0.29, 0.717) is 6.54 Å². The second kappa shape index (κ2) is 7.88. The highest BCUT2D eigenvalue weighted by atomic mass is 16.5. The van der Waals surface area contributed by atoms with Crippen molar-refractivity contribution in [2.75, 3.05) is 20.2 Å². The molecule has 18 heavy (non-hydrogen) atoms. The number of ether oxygens (including phenoxy) is 1. The van der Waals surface area contributed by atoms with Gasteiger partial charge in [0.1, 0.15) is 0 Å². The molecule has 0 aliphatic rings. The van der Waals surface area contributed by atoms with Crippen molar-refractivity contribution >= 4 is 5.97 Å². The SMILES string of the molecule is CCC(CNCCc1cccc(C)c1)C(=O)OC. The first-order valence-corrected chi connectivity index (χ1v) is 6.51. The summed E-state index contributed by atoms with van der Waals surface area (Å²) in [6.45, 7) is 5.68. The van der Waals surface area contributed by atoms with Crippen molar-refractivity contribution in [3.63, 3.8) is 0 Å². The van der Waals surface area contributed by atoms with Crippen molar-refractivity contribution in [1.29, 1.82) is 0 Å². The fourth-order valence-corrected chi connectivity index (χ4v) is 1.94. The van der Waals surface area contributed by atoms with Gasteiger partial charge in [-0.1, -0.05) is 36.8 Å². The van der Waals surface area contributed by atoms with E-state index in [1.165, 1.54) is 18.2 Å². The van der Waals surface area contributed by atoms with Gasteiger partial charge in [0.2, 0.25) is 0 Å². The molecule has 3 heteroatoms. The molecule has 3 nitrogen and oxygen atoms in total. The summed E-state index contributed by atoms with van der Waals surface area (Å²) in [5, 5.41) is 3.32. The fraction of sp³-hybridized carbons (Fsp3) is 0.533. The van der Waals surface area contributed by atoms with E-state index in [1.807, 2.05) is 6.92 Å². The van der Waals surface area contributed by atoms with Gasteiger partial charge in [-0.3, -0.25) is 4.79 Å². The number of carbonyl (C=O) groups is 1. The van der Waals surface area contributed by atoms with Crippen LogP contribution in [0.4, 0.5) is 0 Å². The van der Waals surface area contributed by atoms with Crippen LogP contribution in [-0.2, 0) is 16.0 Å². The zero-order valence-corrected chi connectivity index (χ0v) is 11.5. The van der Waals surface area contributed by atoms with E-state index in [1.54, 1.807) is 0 Å². The Balaban J connectivity index is 2.27. The highest BCUT2D eigenvalue weighted by molar-refractivity contribution is 5.72. The zero-order valence-electron chi connectivity index (χ0n) is 11.5. The molecule has 0 aliphatic carbocycles. The van der Waals surface area contributed by atoms with Gasteiger partial charge in [0.05, 0.1) is 13.0 Å². The summed E-state index contributed by atoms with van der Waals surface area (Å²) in [6.07, 6.45) is 1.80. The van der Waals surface area contributed by atoms with Gasteiger partial charge in [0, 0.05) is 6.54 Å². The Labute approximate surface area is 110 Å². The molecular formula is C15H23NO2. The molecule has 100 valence electrons. The van der Waals surface area contributed by atoms with Crippen LogP contribution in [-0.4, -0.2) is 26.2 Å². The molecule has 0 aromatic heterocycles. The minimum Gasteiger partial charge on any atom is -0.469 e. The third kappa shape index (κ3) is 4.88. The molecule has 1 rings (SSSR count). The lowest BCUT2D eigenvalue weighted by Gasteiger charge is -2.13. The monoisotopic (exact) mass is 249 g/mol. The number of nitrogens with one attached hydrogen (secondary N) is 1. The van der Waals surface area contributed by atoms with Crippen LogP contribution in [0.1, 0.15) is 24.5 Å². The van der Waals surface area contributed by atoms with Crippen molar-refractivity contribution in [3.8, 4) is 0 Å². The van der Waals surface area contributed by atoms with E-state index in [0.717, 1.165) is 19.4 Å². The number of benzene rings is 1. The largest absolute Gasteiger partial charge is 0.469 e. The van der Waals surface area contributed by atoms with Crippen LogP contribution in [0.5, 0.6) is 0 Å². The summed E-state index contributed by atoms with van der Waals surface area (Å²) in [5.41, 5.74) is 2.61. The van der Waals surface area contributed by atoms with Gasteiger partial charge in [0.15, 0.2) is 0 Å². The van der Waals surface area contributed by atoms with Crippen LogP contribution in [0.2, 0.25) is 0 Å². The maximum absolute atomic E-state index is 11.4. The fourth-order valence-electron chi connectivity index (χ4n) is 1.94. The predicted octanol–water partition coefficient (Wildman–Crippen LogP) is 2.33. The molecule has 0 aliphatic heterocycles. The number of methoxy groups -OCH3 is 1. The van der Waals surface area contributed by atoms with Crippen molar-refractivity contribution in [1.82, 2.24) is 5.32 Å². The Morgan fingerprint density at radius 1 is 1.44 bits per heavy atom. The number of hydrogen-bond acceptors (Lipinski definition) is 3. The quantitative estimate of drug-likeness (QED) is 0.595. The lowest BCUT2D eigenvalue weighted by Crippen LogP contribution is -2.30. The summed E-state index contributed by atoms with van der Waals surface area (Å²) in [7, 11) is 1.44. The first kappa shape index (κ1) is 14.7. The van der Waals surface area contributed by atoms with Gasteiger partial charge < -0.3 is 10.1 Å². The third-order valence-electron chi connectivity index (χ3n) is 3.09. The standard InChI is InChI=1S/C15H23NO2/c1-4-14(15(17)18-3)11-16-9-8-13-7-5-6-12(2)10-13/h5-7,10,14,16H,4,8-9,11H2,1-3H3. The minimum absolute atomic E-state index is 0.0347. The van der Waals surface area contributed by atoms with E-state index >= 15 is 0 Å². The lowest BCUT2D eigenvalue weighted by molar-refractivity contribution is -0.145. The summed E-state index contributed by atoms with van der Waals surface area (Å²) in [4.78, 5) is 11.4. The van der Waals surface area contributed by atoms with Gasteiger partial charge in [0.25, 0.3) is 0 Å². The van der Waals surface area contributed by atoms with Crippen LogP contribution >= 0.6 is 0 Å². The molecular weight excluding hydrogens is 226 g/mol. The van der Waals surface area contributed by atoms with E-state index in [2.05, 4.69) is 36.5 Å². The lowest BCUT2D eigenvalue weighted by atomic mass is 10.1. The molecule has 0 spiro atoms. The van der Waals surface area contributed by atoms with Crippen molar-refractivity contribution < 1.29 is 9.53 Å². The van der Waals surface area contributed by atoms with Gasteiger partial charge >= 0.3 is 5.97 Å². The first-order chi connectivity index (χ1) is 8.67. The molecule has 1 atom stereocenters. The number of aryl methyl sites for hydroxylation is 1. The molecule has 0 saturated carbocycles. The zero-order chi connectivity index (χ0) is 13.4. The average molecular weight is 249 g/mol. The van der Waals surface area contributed by atoms with Crippen LogP contribution < -0.4 is 5.32 Å². The van der Waals surface area contributed by atoms with Gasteiger partial charge in [-0.25, -0.2) is 0 Å². The van der Waals surface area contributed by atoms with E-state index in [-0.39, 0.29) is 11.9 Å². The number of carbonyl (C=O) groups excluding carboxylic acids is 1. The van der Waals surface area contributed by atoms with Gasteiger partial charge in [-0.2, -0.15) is 0 Å². The molecule has 1 aromatic carbocycles. The van der Waals surface area contributed by atoms with Crippen LogP contribution in [0, 0.1) is 12.8 Å². The summed E-state index contributed by atoms with van der Waals surface area (Å²) < 4.78 is 4.76. The first-order valence-electron chi connectivity index (χ1n) is 6.51. The molecule has 0 heterocycles. The van der Waals surface area contributed by atoms with E-state index < -0.39 is 0 Å². The van der Waals surface area contributed by atoms with Crippen molar-refractivity contribution in [2.24, 2.45) is 5.92 Å². The average Bonchev–Trinajstić information content (AvgIpc) is 2.38. The predicted molar refractivity (Wildman–Crippen MR) is 73.5 cm³/mol.